The highest BCUT2D eigenvalue weighted by Crippen LogP contribution is 2.36. The van der Waals surface area contributed by atoms with Crippen LogP contribution in [0.4, 0.5) is 0 Å². The van der Waals surface area contributed by atoms with Gasteiger partial charge in [-0.1, -0.05) is 58.7 Å². The Hall–Kier alpha value is -3.32. The average molecular weight is 550 g/mol. The first-order valence-electron chi connectivity index (χ1n) is 14.8. The number of methoxy groups -OCH3 is 1. The second kappa shape index (κ2) is 15.5. The van der Waals surface area contributed by atoms with Gasteiger partial charge >= 0.3 is 0 Å². The van der Waals surface area contributed by atoms with Crippen LogP contribution in [-0.2, 0) is 17.8 Å². The van der Waals surface area contributed by atoms with Crippen LogP contribution >= 0.6 is 0 Å². The fraction of sp³-hybridized carbons (Fsp3) is 0.515. The lowest BCUT2D eigenvalue weighted by Crippen LogP contribution is -2.37. The zero-order valence-corrected chi connectivity index (χ0v) is 25.3. The molecule has 0 unspecified atom stereocenters. The van der Waals surface area contributed by atoms with Crippen molar-refractivity contribution in [2.45, 2.75) is 73.3 Å². The Labute approximate surface area is 239 Å². The van der Waals surface area contributed by atoms with Crippen molar-refractivity contribution in [1.29, 1.82) is 0 Å². The summed E-state index contributed by atoms with van der Waals surface area (Å²) in [5, 5.41) is 3.63. The minimum absolute atomic E-state index is 0.0746. The predicted molar refractivity (Wildman–Crippen MR) is 165 cm³/mol. The topological polar surface area (TPSA) is 72.8 Å². The van der Waals surface area contributed by atoms with Gasteiger partial charge in [0.1, 0.15) is 18.0 Å². The third-order valence-corrected chi connectivity index (χ3v) is 7.23. The second-order valence-electron chi connectivity index (χ2n) is 10.4. The highest BCUT2D eigenvalue weighted by molar-refractivity contribution is 5.94. The number of aryl methyl sites for hydroxylation is 1. The molecule has 40 heavy (non-hydrogen) atoms. The van der Waals surface area contributed by atoms with E-state index >= 15 is 0 Å². The predicted octanol–water partition coefficient (Wildman–Crippen LogP) is 5.97. The molecule has 0 aliphatic carbocycles. The first kappa shape index (κ1) is 31.2. The number of fused-ring (bicyclic) bond motifs is 3. The Bertz CT molecular complexity index is 1310. The molecule has 7 nitrogen and oxygen atoms in total. The van der Waals surface area contributed by atoms with Gasteiger partial charge in [-0.05, 0) is 61.7 Å². The second-order valence-corrected chi connectivity index (χ2v) is 10.4. The summed E-state index contributed by atoms with van der Waals surface area (Å²) < 4.78 is 13.1. The minimum atomic E-state index is -0.0801. The molecule has 2 heterocycles. The van der Waals surface area contributed by atoms with Crippen LogP contribution in [0.5, 0.6) is 11.5 Å². The van der Waals surface area contributed by atoms with E-state index < -0.39 is 0 Å². The summed E-state index contributed by atoms with van der Waals surface area (Å²) in [4.78, 5) is 29.2. The summed E-state index contributed by atoms with van der Waals surface area (Å²) >= 11 is 0. The molecule has 0 bridgehead atoms. The monoisotopic (exact) mass is 549 g/mol. The molecule has 0 radical (unpaired) electrons. The normalized spacial score (nSPS) is 12.1. The standard InChI is InChI=1S/C29H37N3O4.C4H10/c1-5-13-31(14-6-2)15-12-30-25(33)19-32-18-24(21-7-9-23(35-4)10-8-21)28(34)26-27(32)20(3)17-22-11-16-36-29(22)26;1-3-4-2/h7-10,17-18H,5-6,11-16,19H2,1-4H3,(H,30,33);3-4H2,1-2H3. The number of nitrogens with one attached hydrogen (secondary N) is 1. The molecule has 1 aliphatic rings. The van der Waals surface area contributed by atoms with Gasteiger partial charge in [0.2, 0.25) is 11.3 Å². The summed E-state index contributed by atoms with van der Waals surface area (Å²) in [5.41, 5.74) is 4.01. The summed E-state index contributed by atoms with van der Waals surface area (Å²) in [7, 11) is 1.61. The van der Waals surface area contributed by atoms with Crippen LogP contribution in [0, 0.1) is 6.92 Å². The van der Waals surface area contributed by atoms with Crippen molar-refractivity contribution in [3.63, 3.8) is 0 Å². The van der Waals surface area contributed by atoms with Gasteiger partial charge in [-0.25, -0.2) is 0 Å². The maximum Gasteiger partial charge on any atom is 0.239 e. The molecule has 3 aromatic rings. The van der Waals surface area contributed by atoms with Crippen LogP contribution in [0.15, 0.2) is 41.3 Å². The van der Waals surface area contributed by atoms with Gasteiger partial charge in [0.25, 0.3) is 0 Å². The number of benzene rings is 2. The molecule has 1 aliphatic heterocycles. The molecule has 4 rings (SSSR count). The van der Waals surface area contributed by atoms with Crippen molar-refractivity contribution >= 4 is 16.8 Å². The van der Waals surface area contributed by atoms with Crippen LogP contribution in [0.1, 0.15) is 64.5 Å². The number of ether oxygens (including phenoxy) is 2. The molecule has 1 aromatic heterocycles. The highest BCUT2D eigenvalue weighted by Gasteiger charge is 2.23. The van der Waals surface area contributed by atoms with Crippen LogP contribution in [0.25, 0.3) is 22.0 Å². The fourth-order valence-electron chi connectivity index (χ4n) is 5.10. The van der Waals surface area contributed by atoms with Crippen LogP contribution in [0.2, 0.25) is 0 Å². The van der Waals surface area contributed by atoms with E-state index in [-0.39, 0.29) is 17.9 Å². The first-order valence-corrected chi connectivity index (χ1v) is 14.8. The van der Waals surface area contributed by atoms with E-state index in [0.29, 0.717) is 29.9 Å². The molecule has 1 N–H and O–H groups in total. The van der Waals surface area contributed by atoms with E-state index in [9.17, 15) is 9.59 Å². The maximum atomic E-state index is 13.8. The van der Waals surface area contributed by atoms with Gasteiger partial charge in [0, 0.05) is 31.3 Å². The Morgan fingerprint density at radius 2 is 1.70 bits per heavy atom. The molecule has 2 aromatic carbocycles. The van der Waals surface area contributed by atoms with Crippen LogP contribution < -0.4 is 20.2 Å². The molecule has 0 atom stereocenters. The van der Waals surface area contributed by atoms with E-state index in [1.807, 2.05) is 35.8 Å². The minimum Gasteiger partial charge on any atom is -0.497 e. The first-order chi connectivity index (χ1) is 19.4. The average Bonchev–Trinajstić information content (AvgIpc) is 3.42. The van der Waals surface area contributed by atoms with E-state index in [1.165, 1.54) is 12.8 Å². The number of aromatic nitrogens is 1. The number of unbranched alkanes of at least 4 members (excludes halogenated alkanes) is 1. The summed E-state index contributed by atoms with van der Waals surface area (Å²) in [5.74, 6) is 1.30. The Kier molecular flexibility index (Phi) is 12.1. The zero-order chi connectivity index (χ0) is 29.1. The number of carbonyl (C=O) groups is 1. The Morgan fingerprint density at radius 1 is 1.02 bits per heavy atom. The smallest absolute Gasteiger partial charge is 0.239 e. The molecule has 218 valence electrons. The molecule has 0 saturated heterocycles. The van der Waals surface area contributed by atoms with Crippen molar-refractivity contribution in [3.05, 3.63) is 57.9 Å². The van der Waals surface area contributed by atoms with Crippen molar-refractivity contribution in [2.75, 3.05) is 39.9 Å². The lowest BCUT2D eigenvalue weighted by molar-refractivity contribution is -0.121. The number of carbonyl (C=O) groups excluding carboxylic acids is 1. The van der Waals surface area contributed by atoms with Gasteiger partial charge in [-0.2, -0.15) is 0 Å². The maximum absolute atomic E-state index is 13.8. The van der Waals surface area contributed by atoms with Gasteiger partial charge in [-0.15, -0.1) is 0 Å². The SMILES string of the molecule is CCCC.CCCN(CCC)CCNC(=O)Cn1cc(-c2ccc(OC)cc2)c(=O)c2c3c(cc(C)c21)CCO3. The molecule has 7 heteroatoms. The van der Waals surface area contributed by atoms with Crippen molar-refractivity contribution in [3.8, 4) is 22.6 Å². The highest BCUT2D eigenvalue weighted by atomic mass is 16.5. The van der Waals surface area contributed by atoms with Crippen molar-refractivity contribution < 1.29 is 14.3 Å². The number of amides is 1. The Balaban J connectivity index is 0.00000103. The third-order valence-electron chi connectivity index (χ3n) is 7.23. The van der Waals surface area contributed by atoms with Gasteiger partial charge in [-0.3, -0.25) is 9.59 Å². The van der Waals surface area contributed by atoms with E-state index in [1.54, 1.807) is 13.3 Å². The number of nitrogens with zero attached hydrogens (tertiary/aromatic N) is 2. The van der Waals surface area contributed by atoms with E-state index in [2.05, 4.69) is 44.0 Å². The number of hydrogen-bond donors (Lipinski definition) is 1. The largest absolute Gasteiger partial charge is 0.497 e. The molecule has 0 spiro atoms. The summed E-state index contributed by atoms with van der Waals surface area (Å²) in [6, 6.07) is 9.51. The Morgan fingerprint density at radius 3 is 2.30 bits per heavy atom. The quantitative estimate of drug-likeness (QED) is 0.302. The molecule has 0 fully saturated rings. The fourth-order valence-corrected chi connectivity index (χ4v) is 5.10. The van der Waals surface area contributed by atoms with Crippen LogP contribution in [0.3, 0.4) is 0 Å². The van der Waals surface area contributed by atoms with Crippen LogP contribution in [-0.4, -0.2) is 55.3 Å². The number of rotatable bonds is 12. The molecular formula is C33H47N3O4. The van der Waals surface area contributed by atoms with Gasteiger partial charge in [0.05, 0.1) is 24.6 Å². The van der Waals surface area contributed by atoms with Gasteiger partial charge in [0.15, 0.2) is 0 Å². The number of pyridine rings is 1. The van der Waals surface area contributed by atoms with Crippen molar-refractivity contribution in [1.82, 2.24) is 14.8 Å². The lowest BCUT2D eigenvalue weighted by Gasteiger charge is -2.21. The summed E-state index contributed by atoms with van der Waals surface area (Å²) in [6.07, 6.45) is 7.42. The van der Waals surface area contributed by atoms with Crippen molar-refractivity contribution in [2.24, 2.45) is 0 Å². The van der Waals surface area contributed by atoms with E-state index in [4.69, 9.17) is 9.47 Å². The number of hydrogen-bond acceptors (Lipinski definition) is 5. The molecule has 0 saturated carbocycles. The zero-order valence-electron chi connectivity index (χ0n) is 25.3. The molecule has 1 amide bonds. The third kappa shape index (κ3) is 7.66. The lowest BCUT2D eigenvalue weighted by atomic mass is 9.99. The van der Waals surface area contributed by atoms with E-state index in [0.717, 1.165) is 66.9 Å². The van der Waals surface area contributed by atoms with Gasteiger partial charge < -0.3 is 24.3 Å². The summed E-state index contributed by atoms with van der Waals surface area (Å²) in [6.45, 7) is 14.9. The molecular weight excluding hydrogens is 502 g/mol.